The third-order valence-electron chi connectivity index (χ3n) is 5.60. The fourth-order valence-electron chi connectivity index (χ4n) is 4.06. The van der Waals surface area contributed by atoms with E-state index in [1.165, 1.54) is 12.1 Å². The zero-order valence-electron chi connectivity index (χ0n) is 16.7. The molecule has 1 amide bonds. The topological polar surface area (TPSA) is 102 Å². The van der Waals surface area contributed by atoms with E-state index in [1.54, 1.807) is 12.1 Å². The second-order valence-corrected chi connectivity index (χ2v) is 9.25. The van der Waals surface area contributed by atoms with Crippen molar-refractivity contribution < 1.29 is 13.2 Å². The van der Waals surface area contributed by atoms with Gasteiger partial charge in [0.05, 0.1) is 16.0 Å². The molecular formula is C23H25N3O3S. The molecule has 0 fully saturated rings. The maximum Gasteiger partial charge on any atom is 0.252 e. The molecule has 0 spiro atoms. The third-order valence-corrected chi connectivity index (χ3v) is 6.53. The van der Waals surface area contributed by atoms with Crippen molar-refractivity contribution in [3.05, 3.63) is 70.9 Å². The van der Waals surface area contributed by atoms with Crippen molar-refractivity contribution >= 4 is 26.8 Å². The summed E-state index contributed by atoms with van der Waals surface area (Å²) in [6.07, 6.45) is 5.73. The number of sulfonamides is 1. The van der Waals surface area contributed by atoms with Crippen molar-refractivity contribution in [2.45, 2.75) is 43.4 Å². The Kier molecular flexibility index (Phi) is 5.83. The maximum absolute atomic E-state index is 13.2. The SMILES string of the molecule is NS(=O)(=O)c1ccc(CCNC(=O)c2c3c(nc4ccccc24)CCCCC3)cc1. The number of primary sulfonamides is 1. The van der Waals surface area contributed by atoms with Crippen LogP contribution in [0.5, 0.6) is 0 Å². The molecule has 1 aliphatic rings. The van der Waals surface area contributed by atoms with E-state index in [2.05, 4.69) is 5.32 Å². The van der Waals surface area contributed by atoms with Crippen LogP contribution in [-0.4, -0.2) is 25.9 Å². The molecule has 0 saturated heterocycles. The molecule has 4 rings (SSSR count). The fourth-order valence-corrected chi connectivity index (χ4v) is 4.58. The van der Waals surface area contributed by atoms with Gasteiger partial charge < -0.3 is 5.32 Å². The van der Waals surface area contributed by atoms with Gasteiger partial charge in [0.25, 0.3) is 5.91 Å². The van der Waals surface area contributed by atoms with Crippen molar-refractivity contribution in [2.75, 3.05) is 6.54 Å². The van der Waals surface area contributed by atoms with Gasteiger partial charge in [-0.2, -0.15) is 0 Å². The highest BCUT2D eigenvalue weighted by Gasteiger charge is 2.21. The van der Waals surface area contributed by atoms with Crippen LogP contribution in [0.4, 0.5) is 0 Å². The number of nitrogens with one attached hydrogen (secondary N) is 1. The van der Waals surface area contributed by atoms with Crippen LogP contribution < -0.4 is 10.5 Å². The minimum Gasteiger partial charge on any atom is -0.352 e. The van der Waals surface area contributed by atoms with Gasteiger partial charge in [-0.15, -0.1) is 0 Å². The summed E-state index contributed by atoms with van der Waals surface area (Å²) in [6.45, 7) is 0.457. The standard InChI is InChI=1S/C23H25N3O3S/c24-30(28,29)17-12-10-16(11-13-17)14-15-25-23(27)22-18-6-2-1-3-8-20(18)26-21-9-5-4-7-19(21)22/h4-5,7,9-13H,1-3,6,8,14-15H2,(H,25,27)(H2,24,28,29). The number of para-hydroxylation sites is 1. The summed E-state index contributed by atoms with van der Waals surface area (Å²) in [4.78, 5) is 18.1. The quantitative estimate of drug-likeness (QED) is 0.616. The lowest BCUT2D eigenvalue weighted by molar-refractivity contribution is 0.0954. The van der Waals surface area contributed by atoms with Crippen molar-refractivity contribution in [2.24, 2.45) is 5.14 Å². The molecule has 6 nitrogen and oxygen atoms in total. The molecule has 1 heterocycles. The molecule has 0 radical (unpaired) electrons. The number of hydrogen-bond donors (Lipinski definition) is 2. The van der Waals surface area contributed by atoms with Crippen LogP contribution in [0, 0.1) is 0 Å². The van der Waals surface area contributed by atoms with Crippen LogP contribution >= 0.6 is 0 Å². The van der Waals surface area contributed by atoms with E-state index < -0.39 is 10.0 Å². The van der Waals surface area contributed by atoms with Gasteiger partial charge in [-0.25, -0.2) is 13.6 Å². The fraction of sp³-hybridized carbons (Fsp3) is 0.304. The Morgan fingerprint density at radius 3 is 2.50 bits per heavy atom. The first-order valence-electron chi connectivity index (χ1n) is 10.2. The van der Waals surface area contributed by atoms with E-state index >= 15 is 0 Å². The monoisotopic (exact) mass is 423 g/mol. The largest absolute Gasteiger partial charge is 0.352 e. The molecule has 1 aliphatic carbocycles. The Labute approximate surface area is 176 Å². The predicted molar refractivity (Wildman–Crippen MR) is 117 cm³/mol. The number of carbonyl (C=O) groups is 1. The number of aryl methyl sites for hydroxylation is 1. The molecule has 2 aromatic carbocycles. The summed E-state index contributed by atoms with van der Waals surface area (Å²) in [5.74, 6) is -0.0760. The lowest BCUT2D eigenvalue weighted by atomic mass is 9.96. The second-order valence-electron chi connectivity index (χ2n) is 7.68. The molecule has 7 heteroatoms. The van der Waals surface area contributed by atoms with Crippen molar-refractivity contribution in [3.8, 4) is 0 Å². The lowest BCUT2D eigenvalue weighted by Crippen LogP contribution is -2.27. The summed E-state index contributed by atoms with van der Waals surface area (Å²) in [6, 6.07) is 14.2. The summed E-state index contributed by atoms with van der Waals surface area (Å²) in [5, 5.41) is 9.08. The molecule has 0 atom stereocenters. The molecule has 156 valence electrons. The van der Waals surface area contributed by atoms with Crippen LogP contribution in [0.3, 0.4) is 0 Å². The summed E-state index contributed by atoms with van der Waals surface area (Å²) in [5.41, 5.74) is 4.68. The third kappa shape index (κ3) is 4.37. The highest BCUT2D eigenvalue weighted by atomic mass is 32.2. The normalized spacial score (nSPS) is 14.2. The van der Waals surface area contributed by atoms with Crippen LogP contribution in [0.1, 0.15) is 46.4 Å². The Morgan fingerprint density at radius 2 is 1.73 bits per heavy atom. The van der Waals surface area contributed by atoms with Gasteiger partial charge in [0.2, 0.25) is 10.0 Å². The number of nitrogens with two attached hydrogens (primary N) is 1. The summed E-state index contributed by atoms with van der Waals surface area (Å²) in [7, 11) is -3.70. The number of nitrogens with zero attached hydrogens (tertiary/aromatic N) is 1. The van der Waals surface area contributed by atoms with Crippen LogP contribution in [0.15, 0.2) is 53.4 Å². The van der Waals surface area contributed by atoms with Crippen LogP contribution in [0.2, 0.25) is 0 Å². The molecule has 0 saturated carbocycles. The van der Waals surface area contributed by atoms with E-state index in [0.29, 0.717) is 13.0 Å². The van der Waals surface area contributed by atoms with Gasteiger partial charge in [-0.3, -0.25) is 9.78 Å². The van der Waals surface area contributed by atoms with E-state index in [9.17, 15) is 13.2 Å². The highest BCUT2D eigenvalue weighted by Crippen LogP contribution is 2.28. The van der Waals surface area contributed by atoms with E-state index in [4.69, 9.17) is 10.1 Å². The van der Waals surface area contributed by atoms with E-state index in [0.717, 1.165) is 65.4 Å². The maximum atomic E-state index is 13.2. The van der Waals surface area contributed by atoms with E-state index in [-0.39, 0.29) is 10.8 Å². The van der Waals surface area contributed by atoms with E-state index in [1.807, 2.05) is 24.3 Å². The molecule has 1 aromatic heterocycles. The Morgan fingerprint density at radius 1 is 1.00 bits per heavy atom. The zero-order valence-corrected chi connectivity index (χ0v) is 17.5. The van der Waals surface area contributed by atoms with Gasteiger partial charge in [-0.05, 0) is 61.4 Å². The second kappa shape index (κ2) is 8.53. The number of aromatic nitrogens is 1. The summed E-state index contributed by atoms with van der Waals surface area (Å²) < 4.78 is 22.7. The number of pyridine rings is 1. The average Bonchev–Trinajstić information content (AvgIpc) is 2.96. The van der Waals surface area contributed by atoms with Crippen LogP contribution in [-0.2, 0) is 29.3 Å². The number of fused-ring (bicyclic) bond motifs is 2. The Balaban J connectivity index is 1.54. The number of benzene rings is 2. The molecule has 3 aromatic rings. The molecule has 0 bridgehead atoms. The molecule has 0 unspecified atom stereocenters. The van der Waals surface area contributed by atoms with Gasteiger partial charge in [-0.1, -0.05) is 36.8 Å². The molecule has 30 heavy (non-hydrogen) atoms. The van der Waals surface area contributed by atoms with Gasteiger partial charge >= 0.3 is 0 Å². The Hall–Kier alpha value is -2.77. The van der Waals surface area contributed by atoms with Gasteiger partial charge in [0, 0.05) is 17.6 Å². The minimum atomic E-state index is -3.70. The van der Waals surface area contributed by atoms with Crippen molar-refractivity contribution in [1.29, 1.82) is 0 Å². The van der Waals surface area contributed by atoms with Gasteiger partial charge in [0.15, 0.2) is 0 Å². The summed E-state index contributed by atoms with van der Waals surface area (Å²) >= 11 is 0. The lowest BCUT2D eigenvalue weighted by Gasteiger charge is -2.15. The number of carbonyl (C=O) groups excluding carboxylic acids is 1. The first-order valence-corrected chi connectivity index (χ1v) is 11.8. The van der Waals surface area contributed by atoms with Crippen LogP contribution in [0.25, 0.3) is 10.9 Å². The van der Waals surface area contributed by atoms with Crippen molar-refractivity contribution in [1.82, 2.24) is 10.3 Å². The zero-order chi connectivity index (χ0) is 21.1. The first-order chi connectivity index (χ1) is 14.4. The molecule has 0 aliphatic heterocycles. The van der Waals surface area contributed by atoms with Gasteiger partial charge in [0.1, 0.15) is 0 Å². The number of rotatable bonds is 5. The predicted octanol–water partition coefficient (Wildman–Crippen LogP) is 3.12. The van der Waals surface area contributed by atoms with Crippen molar-refractivity contribution in [3.63, 3.8) is 0 Å². The smallest absolute Gasteiger partial charge is 0.252 e. The number of hydrogen-bond acceptors (Lipinski definition) is 4. The first kappa shape index (κ1) is 20.5. The molecule has 3 N–H and O–H groups in total. The Bertz CT molecular complexity index is 1190. The number of amides is 1. The minimum absolute atomic E-state index is 0.0760. The highest BCUT2D eigenvalue weighted by molar-refractivity contribution is 7.89. The molecular weight excluding hydrogens is 398 g/mol. The average molecular weight is 424 g/mol.